The third-order valence-electron chi connectivity index (χ3n) is 1.68. The number of aldehydes is 1. The molecule has 0 radical (unpaired) electrons. The molecule has 0 atom stereocenters. The second-order valence-electron chi connectivity index (χ2n) is 2.53. The van der Waals surface area contributed by atoms with Gasteiger partial charge in [-0.25, -0.2) is 8.78 Å². The van der Waals surface area contributed by atoms with Gasteiger partial charge in [-0.1, -0.05) is 15.9 Å². The molecule has 0 aliphatic rings. The van der Waals surface area contributed by atoms with Crippen molar-refractivity contribution in [2.45, 2.75) is 11.8 Å². The summed E-state index contributed by atoms with van der Waals surface area (Å²) in [6.45, 7) is 0. The van der Waals surface area contributed by atoms with E-state index in [1.54, 1.807) is 0 Å². The Morgan fingerprint density at radius 3 is 2.64 bits per heavy atom. The van der Waals surface area contributed by atoms with Crippen LogP contribution in [0.3, 0.4) is 0 Å². The molecule has 0 spiro atoms. The van der Waals surface area contributed by atoms with Gasteiger partial charge >= 0.3 is 0 Å². The van der Waals surface area contributed by atoms with E-state index in [1.165, 1.54) is 0 Å². The summed E-state index contributed by atoms with van der Waals surface area (Å²) in [4.78, 5) is 23.8. The molecule has 0 saturated carbocycles. The number of alkyl halides is 3. The molecule has 0 amide bonds. The highest BCUT2D eigenvalue weighted by atomic mass is 79.9. The minimum absolute atomic E-state index is 0.150. The smallest absolute Gasteiger partial charge is 0.264 e. The first-order valence-corrected chi connectivity index (χ1v) is 4.77. The van der Waals surface area contributed by atoms with Crippen molar-refractivity contribution in [1.29, 1.82) is 0 Å². The SMILES string of the molecule is O=Cc1c(C(F)F)cc(=O)[nH]c1CBr. The Balaban J connectivity index is 3.47. The van der Waals surface area contributed by atoms with Crippen LogP contribution >= 0.6 is 15.9 Å². The topological polar surface area (TPSA) is 49.9 Å². The predicted octanol–water partition coefficient (Wildman–Crippen LogP) is 2.02. The summed E-state index contributed by atoms with van der Waals surface area (Å²) < 4.78 is 24.8. The standard InChI is InChI=1S/C8H6BrF2NO2/c9-2-6-5(3-13)4(8(10)11)1-7(14)12-6/h1,3,8H,2H2,(H,12,14). The average Bonchev–Trinajstić information content (AvgIpc) is 2.16. The first-order chi connectivity index (χ1) is 6.60. The number of halogens is 3. The van der Waals surface area contributed by atoms with Crippen molar-refractivity contribution >= 4 is 22.2 Å². The average molecular weight is 266 g/mol. The van der Waals surface area contributed by atoms with Crippen molar-refractivity contribution in [1.82, 2.24) is 4.98 Å². The van der Waals surface area contributed by atoms with Crippen LogP contribution in [0.4, 0.5) is 8.78 Å². The fourth-order valence-electron chi connectivity index (χ4n) is 1.07. The van der Waals surface area contributed by atoms with E-state index in [2.05, 4.69) is 20.9 Å². The summed E-state index contributed by atoms with van der Waals surface area (Å²) in [7, 11) is 0. The van der Waals surface area contributed by atoms with Crippen molar-refractivity contribution in [2.75, 3.05) is 0 Å². The van der Waals surface area contributed by atoms with E-state index in [1.807, 2.05) is 0 Å². The number of nitrogens with one attached hydrogen (secondary N) is 1. The highest BCUT2D eigenvalue weighted by molar-refractivity contribution is 9.08. The molecule has 0 bridgehead atoms. The monoisotopic (exact) mass is 265 g/mol. The summed E-state index contributed by atoms with van der Waals surface area (Å²) in [5.74, 6) is 0. The van der Waals surface area contributed by atoms with Crippen LogP contribution in [0.15, 0.2) is 10.9 Å². The molecule has 6 heteroatoms. The number of pyridine rings is 1. The maximum Gasteiger partial charge on any atom is 0.264 e. The van der Waals surface area contributed by atoms with E-state index in [-0.39, 0.29) is 16.6 Å². The number of rotatable bonds is 3. The lowest BCUT2D eigenvalue weighted by Gasteiger charge is -2.06. The lowest BCUT2D eigenvalue weighted by molar-refractivity contribution is 0.110. The fourth-order valence-corrected chi connectivity index (χ4v) is 1.51. The van der Waals surface area contributed by atoms with Gasteiger partial charge in [-0.3, -0.25) is 9.59 Å². The number of carbonyl (C=O) groups excluding carboxylic acids is 1. The third kappa shape index (κ3) is 2.06. The second kappa shape index (κ2) is 4.45. The van der Waals surface area contributed by atoms with Crippen LogP contribution in [-0.4, -0.2) is 11.3 Å². The molecule has 1 aromatic heterocycles. The fraction of sp³-hybridized carbons (Fsp3) is 0.250. The summed E-state index contributed by atoms with van der Waals surface area (Å²) in [5, 5.41) is 0.150. The molecular weight excluding hydrogens is 260 g/mol. The van der Waals surface area contributed by atoms with Crippen molar-refractivity contribution in [3.63, 3.8) is 0 Å². The van der Waals surface area contributed by atoms with Crippen LogP contribution in [0, 0.1) is 0 Å². The van der Waals surface area contributed by atoms with E-state index < -0.39 is 17.5 Å². The molecule has 1 rings (SSSR count). The maximum absolute atomic E-state index is 12.4. The molecule has 1 aromatic rings. The first kappa shape index (κ1) is 11.0. The van der Waals surface area contributed by atoms with Crippen LogP contribution in [0.5, 0.6) is 0 Å². The zero-order valence-corrected chi connectivity index (χ0v) is 8.48. The molecular formula is C8H6BrF2NO2. The Hall–Kier alpha value is -1.04. The number of H-pyrrole nitrogens is 1. The van der Waals surface area contributed by atoms with E-state index in [4.69, 9.17) is 0 Å². The lowest BCUT2D eigenvalue weighted by Crippen LogP contribution is -2.13. The van der Waals surface area contributed by atoms with Gasteiger partial charge in [-0.05, 0) is 0 Å². The molecule has 76 valence electrons. The first-order valence-electron chi connectivity index (χ1n) is 3.65. The highest BCUT2D eigenvalue weighted by Gasteiger charge is 2.16. The summed E-state index contributed by atoms with van der Waals surface area (Å²) >= 11 is 2.99. The van der Waals surface area contributed by atoms with Crippen molar-refractivity contribution in [3.8, 4) is 0 Å². The summed E-state index contributed by atoms with van der Waals surface area (Å²) in [6.07, 6.45) is -2.51. The molecule has 0 unspecified atom stereocenters. The zero-order chi connectivity index (χ0) is 10.7. The molecule has 0 aliphatic carbocycles. The van der Waals surface area contributed by atoms with Crippen molar-refractivity contribution in [2.24, 2.45) is 0 Å². The Kier molecular flexibility index (Phi) is 3.51. The normalized spacial score (nSPS) is 10.6. The van der Waals surface area contributed by atoms with Gasteiger partial charge in [-0.15, -0.1) is 0 Å². The van der Waals surface area contributed by atoms with Gasteiger partial charge in [0.05, 0.1) is 0 Å². The lowest BCUT2D eigenvalue weighted by atomic mass is 10.1. The number of carbonyl (C=O) groups is 1. The van der Waals surface area contributed by atoms with Crippen LogP contribution < -0.4 is 5.56 Å². The minimum atomic E-state index is -2.82. The second-order valence-corrected chi connectivity index (χ2v) is 3.09. The van der Waals surface area contributed by atoms with E-state index in [9.17, 15) is 18.4 Å². The van der Waals surface area contributed by atoms with Gasteiger partial charge in [0.25, 0.3) is 6.43 Å². The molecule has 1 N–H and O–H groups in total. The van der Waals surface area contributed by atoms with E-state index >= 15 is 0 Å². The summed E-state index contributed by atoms with van der Waals surface area (Å²) in [5.41, 5.74) is -1.15. The Morgan fingerprint density at radius 2 is 2.21 bits per heavy atom. The van der Waals surface area contributed by atoms with Crippen LogP contribution in [0.2, 0.25) is 0 Å². The molecule has 14 heavy (non-hydrogen) atoms. The van der Waals surface area contributed by atoms with Gasteiger partial charge in [-0.2, -0.15) is 0 Å². The van der Waals surface area contributed by atoms with Crippen LogP contribution in [-0.2, 0) is 5.33 Å². The molecule has 0 aliphatic heterocycles. The molecule has 0 saturated heterocycles. The van der Waals surface area contributed by atoms with Crippen LogP contribution in [0.1, 0.15) is 28.0 Å². The van der Waals surface area contributed by atoms with Gasteiger partial charge in [0, 0.05) is 28.2 Å². The highest BCUT2D eigenvalue weighted by Crippen LogP contribution is 2.22. The van der Waals surface area contributed by atoms with Crippen molar-refractivity contribution < 1.29 is 13.6 Å². The van der Waals surface area contributed by atoms with Gasteiger partial charge in [0.2, 0.25) is 5.56 Å². The zero-order valence-electron chi connectivity index (χ0n) is 6.89. The summed E-state index contributed by atoms with van der Waals surface area (Å²) in [6, 6.07) is 0.737. The number of aromatic amines is 1. The van der Waals surface area contributed by atoms with E-state index in [0.717, 1.165) is 6.07 Å². The Labute approximate surface area is 86.3 Å². The maximum atomic E-state index is 12.4. The Bertz CT molecular complexity index is 403. The Morgan fingerprint density at radius 1 is 1.57 bits per heavy atom. The molecule has 0 aromatic carbocycles. The quantitative estimate of drug-likeness (QED) is 0.672. The number of hydrogen-bond acceptors (Lipinski definition) is 2. The van der Waals surface area contributed by atoms with Gasteiger partial charge in [0.15, 0.2) is 6.29 Å². The number of hydrogen-bond donors (Lipinski definition) is 1. The molecule has 0 fully saturated rings. The van der Waals surface area contributed by atoms with Crippen LogP contribution in [0.25, 0.3) is 0 Å². The van der Waals surface area contributed by atoms with Crippen molar-refractivity contribution in [3.05, 3.63) is 33.2 Å². The molecule has 3 nitrogen and oxygen atoms in total. The minimum Gasteiger partial charge on any atom is -0.325 e. The molecule has 1 heterocycles. The largest absolute Gasteiger partial charge is 0.325 e. The predicted molar refractivity (Wildman–Crippen MR) is 50.0 cm³/mol. The van der Waals surface area contributed by atoms with Gasteiger partial charge < -0.3 is 4.98 Å². The van der Waals surface area contributed by atoms with E-state index in [0.29, 0.717) is 6.29 Å². The van der Waals surface area contributed by atoms with Gasteiger partial charge in [0.1, 0.15) is 0 Å². The third-order valence-corrected chi connectivity index (χ3v) is 2.24. The number of aromatic nitrogens is 1.